The summed E-state index contributed by atoms with van der Waals surface area (Å²) in [6.45, 7) is 2.26. The zero-order valence-electron chi connectivity index (χ0n) is 12.2. The monoisotopic (exact) mass is 308 g/mol. The summed E-state index contributed by atoms with van der Waals surface area (Å²) in [4.78, 5) is 12.7. The third-order valence-corrected chi connectivity index (χ3v) is 4.39. The van der Waals surface area contributed by atoms with Gasteiger partial charge in [0, 0.05) is 16.6 Å². The molecule has 114 valence electrons. The van der Waals surface area contributed by atoms with E-state index in [0.29, 0.717) is 23.5 Å². The van der Waals surface area contributed by atoms with E-state index in [1.807, 2.05) is 18.2 Å². The second-order valence-electron chi connectivity index (χ2n) is 4.95. The lowest BCUT2D eigenvalue weighted by Crippen LogP contribution is -2.24. The molecule has 4 N–H and O–H groups in total. The van der Waals surface area contributed by atoms with Crippen molar-refractivity contribution < 1.29 is 14.6 Å². The van der Waals surface area contributed by atoms with Crippen molar-refractivity contribution >= 4 is 33.0 Å². The minimum atomic E-state index is -0.344. The van der Waals surface area contributed by atoms with E-state index >= 15 is 0 Å². The Morgan fingerprint density at radius 2 is 2.29 bits per heavy atom. The molecular formula is C15H20N2O3S. The van der Waals surface area contributed by atoms with Crippen LogP contribution in [0.3, 0.4) is 0 Å². The molecule has 2 rings (SSSR count). The van der Waals surface area contributed by atoms with Crippen LogP contribution in [0.1, 0.15) is 29.4 Å². The Morgan fingerprint density at radius 1 is 1.52 bits per heavy atom. The number of anilines is 1. The molecule has 0 aliphatic heterocycles. The highest BCUT2D eigenvalue weighted by atomic mass is 32.1. The van der Waals surface area contributed by atoms with E-state index in [-0.39, 0.29) is 12.0 Å². The van der Waals surface area contributed by atoms with Gasteiger partial charge in [-0.2, -0.15) is 0 Å². The van der Waals surface area contributed by atoms with Gasteiger partial charge in [-0.3, -0.25) is 4.79 Å². The fourth-order valence-corrected chi connectivity index (χ4v) is 3.14. The predicted octanol–water partition coefficient (Wildman–Crippen LogP) is 2.38. The Kier molecular flexibility index (Phi) is 5.03. The maximum atomic E-state index is 12.2. The predicted molar refractivity (Wildman–Crippen MR) is 86.0 cm³/mol. The number of amides is 1. The molecule has 1 heterocycles. The topological polar surface area (TPSA) is 84.6 Å². The largest absolute Gasteiger partial charge is 0.497 e. The minimum Gasteiger partial charge on any atom is -0.497 e. The van der Waals surface area contributed by atoms with E-state index in [2.05, 4.69) is 5.32 Å². The molecule has 1 unspecified atom stereocenters. The first-order chi connectivity index (χ1) is 10.0. The standard InChI is InChI=1S/C15H20N2O3S/c1-9(18)4-3-7-17-15(19)14-13(16)11-6-5-10(20-2)8-12(11)21-14/h5-6,8-9,18H,3-4,7,16H2,1-2H3,(H,17,19). The Hall–Kier alpha value is -1.79. The van der Waals surface area contributed by atoms with E-state index in [9.17, 15) is 9.90 Å². The van der Waals surface area contributed by atoms with Crippen LogP contribution < -0.4 is 15.8 Å². The second-order valence-corrected chi connectivity index (χ2v) is 6.01. The number of aliphatic hydroxyl groups excluding tert-OH is 1. The lowest BCUT2D eigenvalue weighted by Gasteiger charge is -2.05. The maximum absolute atomic E-state index is 12.2. The summed E-state index contributed by atoms with van der Waals surface area (Å²) < 4.78 is 6.11. The number of ether oxygens (including phenoxy) is 1. The first-order valence-corrected chi connectivity index (χ1v) is 7.67. The van der Waals surface area contributed by atoms with Gasteiger partial charge in [0.25, 0.3) is 5.91 Å². The molecule has 6 heteroatoms. The summed E-state index contributed by atoms with van der Waals surface area (Å²) >= 11 is 1.36. The number of hydrogen-bond acceptors (Lipinski definition) is 5. The fourth-order valence-electron chi connectivity index (χ4n) is 2.07. The van der Waals surface area contributed by atoms with Crippen LogP contribution in [0.15, 0.2) is 18.2 Å². The van der Waals surface area contributed by atoms with Crippen LogP contribution in [0.25, 0.3) is 10.1 Å². The van der Waals surface area contributed by atoms with E-state index in [1.54, 1.807) is 14.0 Å². The highest BCUT2D eigenvalue weighted by Crippen LogP contribution is 2.35. The van der Waals surface area contributed by atoms with Crippen LogP contribution in [0.5, 0.6) is 5.75 Å². The molecule has 1 atom stereocenters. The second kappa shape index (κ2) is 6.78. The third-order valence-electron chi connectivity index (χ3n) is 3.23. The van der Waals surface area contributed by atoms with Gasteiger partial charge in [-0.05, 0) is 38.0 Å². The molecule has 1 amide bonds. The van der Waals surface area contributed by atoms with Crippen molar-refractivity contribution in [1.29, 1.82) is 0 Å². The van der Waals surface area contributed by atoms with Crippen LogP contribution >= 0.6 is 11.3 Å². The van der Waals surface area contributed by atoms with E-state index in [0.717, 1.165) is 22.3 Å². The van der Waals surface area contributed by atoms with Gasteiger partial charge >= 0.3 is 0 Å². The Labute approximate surface area is 127 Å². The number of nitrogens with one attached hydrogen (secondary N) is 1. The number of thiophene rings is 1. The summed E-state index contributed by atoms with van der Waals surface area (Å²) in [5.41, 5.74) is 6.56. The van der Waals surface area contributed by atoms with Gasteiger partial charge in [-0.15, -0.1) is 11.3 Å². The molecule has 0 radical (unpaired) electrons. The van der Waals surface area contributed by atoms with Crippen molar-refractivity contribution in [2.45, 2.75) is 25.9 Å². The quantitative estimate of drug-likeness (QED) is 0.715. The van der Waals surface area contributed by atoms with Gasteiger partial charge in [0.15, 0.2) is 0 Å². The van der Waals surface area contributed by atoms with Crippen molar-refractivity contribution in [2.24, 2.45) is 0 Å². The van der Waals surface area contributed by atoms with Crippen LogP contribution in [0, 0.1) is 0 Å². The zero-order valence-corrected chi connectivity index (χ0v) is 13.0. The molecule has 0 spiro atoms. The SMILES string of the molecule is COc1ccc2c(N)c(C(=O)NCCCC(C)O)sc2c1. The number of fused-ring (bicyclic) bond motifs is 1. The van der Waals surface area contributed by atoms with Gasteiger partial charge in [0.1, 0.15) is 10.6 Å². The molecular weight excluding hydrogens is 288 g/mol. The molecule has 21 heavy (non-hydrogen) atoms. The molecule has 0 fully saturated rings. The lowest BCUT2D eigenvalue weighted by atomic mass is 10.2. The average Bonchev–Trinajstić information content (AvgIpc) is 2.79. The highest BCUT2D eigenvalue weighted by Gasteiger charge is 2.16. The number of carbonyl (C=O) groups excluding carboxylic acids is 1. The number of carbonyl (C=O) groups is 1. The molecule has 0 aliphatic rings. The van der Waals surface area contributed by atoms with Crippen molar-refractivity contribution in [2.75, 3.05) is 19.4 Å². The van der Waals surface area contributed by atoms with Gasteiger partial charge in [-0.25, -0.2) is 0 Å². The van der Waals surface area contributed by atoms with Crippen LogP contribution in [0.2, 0.25) is 0 Å². The molecule has 2 aromatic rings. The molecule has 0 aliphatic carbocycles. The first kappa shape index (κ1) is 15.6. The number of benzene rings is 1. The normalized spacial score (nSPS) is 12.3. The van der Waals surface area contributed by atoms with Gasteiger partial charge in [0.2, 0.25) is 0 Å². The average molecular weight is 308 g/mol. The highest BCUT2D eigenvalue weighted by molar-refractivity contribution is 7.21. The van der Waals surface area contributed by atoms with Crippen molar-refractivity contribution in [3.05, 3.63) is 23.1 Å². The van der Waals surface area contributed by atoms with Crippen molar-refractivity contribution in [3.8, 4) is 5.75 Å². The summed E-state index contributed by atoms with van der Waals surface area (Å²) in [5.74, 6) is 0.575. The van der Waals surface area contributed by atoms with Crippen molar-refractivity contribution in [3.63, 3.8) is 0 Å². The summed E-state index contributed by atoms with van der Waals surface area (Å²) in [5, 5.41) is 12.9. The molecule has 5 nitrogen and oxygen atoms in total. The third kappa shape index (κ3) is 3.65. The summed E-state index contributed by atoms with van der Waals surface area (Å²) in [6.07, 6.45) is 1.06. The molecule has 1 aromatic heterocycles. The Bertz CT molecular complexity index is 637. The van der Waals surface area contributed by atoms with E-state index < -0.39 is 0 Å². The number of nitrogen functional groups attached to an aromatic ring is 1. The Balaban J connectivity index is 2.10. The number of methoxy groups -OCH3 is 1. The zero-order chi connectivity index (χ0) is 15.4. The number of hydrogen-bond donors (Lipinski definition) is 3. The van der Waals surface area contributed by atoms with Crippen LogP contribution in [-0.2, 0) is 0 Å². The molecule has 1 aromatic carbocycles. The van der Waals surface area contributed by atoms with Gasteiger partial charge in [-0.1, -0.05) is 0 Å². The molecule has 0 saturated carbocycles. The number of nitrogens with two attached hydrogens (primary N) is 1. The van der Waals surface area contributed by atoms with E-state index in [4.69, 9.17) is 10.5 Å². The van der Waals surface area contributed by atoms with Crippen LogP contribution in [-0.4, -0.2) is 30.8 Å². The van der Waals surface area contributed by atoms with Crippen molar-refractivity contribution in [1.82, 2.24) is 5.32 Å². The maximum Gasteiger partial charge on any atom is 0.263 e. The van der Waals surface area contributed by atoms with Crippen LogP contribution in [0.4, 0.5) is 5.69 Å². The Morgan fingerprint density at radius 3 is 2.95 bits per heavy atom. The fraction of sp³-hybridized carbons (Fsp3) is 0.400. The lowest BCUT2D eigenvalue weighted by molar-refractivity contribution is 0.0954. The van der Waals surface area contributed by atoms with Gasteiger partial charge in [0.05, 0.1) is 18.9 Å². The van der Waals surface area contributed by atoms with Gasteiger partial charge < -0.3 is 20.9 Å². The summed E-state index contributed by atoms with van der Waals surface area (Å²) in [6, 6.07) is 5.57. The number of aliphatic hydroxyl groups is 1. The minimum absolute atomic E-state index is 0.168. The smallest absolute Gasteiger partial charge is 0.263 e. The molecule has 0 bridgehead atoms. The van der Waals surface area contributed by atoms with E-state index in [1.165, 1.54) is 11.3 Å². The summed E-state index contributed by atoms with van der Waals surface area (Å²) in [7, 11) is 1.61. The molecule has 0 saturated heterocycles. The first-order valence-electron chi connectivity index (χ1n) is 6.85. The number of rotatable bonds is 6.